The first kappa shape index (κ1) is 19.8. The van der Waals surface area contributed by atoms with Crippen molar-refractivity contribution in [1.82, 2.24) is 10.4 Å². The Morgan fingerprint density at radius 3 is 2.07 bits per heavy atom. The Morgan fingerprint density at radius 2 is 1.47 bits per heavy atom. The number of hydrogen-bond donors (Lipinski definition) is 2. The Balaban J connectivity index is 1.63. The highest BCUT2D eigenvalue weighted by Gasteiger charge is 2.29. The predicted molar refractivity (Wildman–Crippen MR) is 124 cm³/mol. The van der Waals surface area contributed by atoms with Crippen molar-refractivity contribution in [2.45, 2.75) is 6.04 Å². The summed E-state index contributed by atoms with van der Waals surface area (Å²) in [7, 11) is 3.33. The van der Waals surface area contributed by atoms with Crippen LogP contribution in [0.5, 0.6) is 11.5 Å². The molecule has 0 saturated carbocycles. The molecule has 0 saturated heterocycles. The van der Waals surface area contributed by atoms with Gasteiger partial charge in [-0.3, -0.25) is 10.4 Å². The Morgan fingerprint density at radius 1 is 0.867 bits per heavy atom. The number of benzene rings is 3. The molecule has 1 aliphatic heterocycles. The highest BCUT2D eigenvalue weighted by Crippen LogP contribution is 2.33. The Labute approximate surface area is 181 Å². The van der Waals surface area contributed by atoms with Crippen LogP contribution in [0.4, 0.5) is 5.69 Å². The van der Waals surface area contributed by atoms with Gasteiger partial charge in [0.25, 0.3) is 0 Å². The molecule has 6 heteroatoms. The molecule has 0 bridgehead atoms. The Kier molecular flexibility index (Phi) is 5.86. The van der Waals surface area contributed by atoms with Gasteiger partial charge in [0, 0.05) is 5.69 Å². The van der Waals surface area contributed by atoms with Crippen molar-refractivity contribution in [3.05, 3.63) is 96.1 Å². The van der Waals surface area contributed by atoms with Crippen molar-refractivity contribution in [2.24, 2.45) is 0 Å². The van der Waals surface area contributed by atoms with Crippen LogP contribution in [0, 0.1) is 0 Å². The monoisotopic (exact) mass is 417 g/mol. The molecule has 0 spiro atoms. The van der Waals surface area contributed by atoms with E-state index in [1.54, 1.807) is 14.2 Å². The molecule has 5 nitrogen and oxygen atoms in total. The highest BCUT2D eigenvalue weighted by molar-refractivity contribution is 7.80. The van der Waals surface area contributed by atoms with Crippen molar-refractivity contribution >= 4 is 28.7 Å². The van der Waals surface area contributed by atoms with Gasteiger partial charge in [-0.2, -0.15) is 0 Å². The van der Waals surface area contributed by atoms with E-state index in [0.29, 0.717) is 5.11 Å². The van der Waals surface area contributed by atoms with Crippen LogP contribution in [0.25, 0.3) is 5.70 Å². The summed E-state index contributed by atoms with van der Waals surface area (Å²) < 4.78 is 10.6. The Bertz CT molecular complexity index is 1030. The molecule has 30 heavy (non-hydrogen) atoms. The van der Waals surface area contributed by atoms with Gasteiger partial charge >= 0.3 is 0 Å². The maximum Gasteiger partial charge on any atom is 0.193 e. The first-order valence-corrected chi connectivity index (χ1v) is 10.0. The van der Waals surface area contributed by atoms with Crippen LogP contribution < -0.4 is 20.2 Å². The molecular weight excluding hydrogens is 394 g/mol. The first-order chi connectivity index (χ1) is 14.7. The molecule has 4 rings (SSSR count). The van der Waals surface area contributed by atoms with E-state index in [-0.39, 0.29) is 6.04 Å². The second-order valence-corrected chi connectivity index (χ2v) is 7.19. The minimum absolute atomic E-state index is 0.0725. The molecule has 0 unspecified atom stereocenters. The lowest BCUT2D eigenvalue weighted by molar-refractivity contribution is 0.347. The molecular formula is C24H23N3O2S. The average Bonchev–Trinajstić information content (AvgIpc) is 3.25. The zero-order valence-electron chi connectivity index (χ0n) is 16.8. The van der Waals surface area contributed by atoms with E-state index >= 15 is 0 Å². The largest absolute Gasteiger partial charge is 0.497 e. The number of para-hydroxylation sites is 1. The first-order valence-electron chi connectivity index (χ1n) is 9.60. The van der Waals surface area contributed by atoms with Crippen molar-refractivity contribution in [3.8, 4) is 11.5 Å². The summed E-state index contributed by atoms with van der Waals surface area (Å²) in [5.74, 6) is 1.64. The van der Waals surface area contributed by atoms with E-state index in [1.807, 2.05) is 71.7 Å². The summed E-state index contributed by atoms with van der Waals surface area (Å²) in [6, 6.07) is 25.8. The van der Waals surface area contributed by atoms with Gasteiger partial charge in [-0.1, -0.05) is 30.3 Å². The lowest BCUT2D eigenvalue weighted by Crippen LogP contribution is -2.42. The summed E-state index contributed by atoms with van der Waals surface area (Å²) in [6.45, 7) is 0. The highest BCUT2D eigenvalue weighted by atomic mass is 32.1. The van der Waals surface area contributed by atoms with Crippen LogP contribution in [-0.2, 0) is 0 Å². The quantitative estimate of drug-likeness (QED) is 0.570. The van der Waals surface area contributed by atoms with Crippen LogP contribution >= 0.6 is 12.2 Å². The topological polar surface area (TPSA) is 45.8 Å². The third-order valence-corrected chi connectivity index (χ3v) is 5.24. The van der Waals surface area contributed by atoms with Crippen LogP contribution in [0.1, 0.15) is 17.2 Å². The van der Waals surface area contributed by atoms with Crippen molar-refractivity contribution < 1.29 is 9.47 Å². The van der Waals surface area contributed by atoms with Crippen LogP contribution in [-0.4, -0.2) is 24.3 Å². The summed E-state index contributed by atoms with van der Waals surface area (Å²) in [4.78, 5) is 0. The molecule has 0 fully saturated rings. The molecule has 0 aliphatic carbocycles. The third kappa shape index (κ3) is 4.23. The number of methoxy groups -OCH3 is 2. The van der Waals surface area contributed by atoms with Gasteiger partial charge in [0.05, 0.1) is 26.0 Å². The molecule has 0 amide bonds. The van der Waals surface area contributed by atoms with Crippen LogP contribution in [0.15, 0.2) is 84.9 Å². The SMILES string of the molecule is COc1ccc(C2=C[C@@H](c3ccc(OC)cc3)N(C(=S)Nc3ccccc3)N2)cc1. The number of ether oxygens (including phenoxy) is 2. The zero-order chi connectivity index (χ0) is 20.9. The van der Waals surface area contributed by atoms with Gasteiger partial charge in [0.1, 0.15) is 11.5 Å². The van der Waals surface area contributed by atoms with E-state index in [0.717, 1.165) is 34.0 Å². The third-order valence-electron chi connectivity index (χ3n) is 4.95. The zero-order valence-corrected chi connectivity index (χ0v) is 17.6. The summed E-state index contributed by atoms with van der Waals surface area (Å²) in [5, 5.41) is 5.86. The average molecular weight is 418 g/mol. The van der Waals surface area contributed by atoms with E-state index in [1.165, 1.54) is 0 Å². The maximum atomic E-state index is 5.74. The van der Waals surface area contributed by atoms with Crippen molar-refractivity contribution in [2.75, 3.05) is 19.5 Å². The van der Waals surface area contributed by atoms with Gasteiger partial charge in [-0.15, -0.1) is 0 Å². The number of rotatable bonds is 5. The number of anilines is 1. The lowest BCUT2D eigenvalue weighted by atomic mass is 10.0. The number of hydrogen-bond acceptors (Lipinski definition) is 4. The number of nitrogens with zero attached hydrogens (tertiary/aromatic N) is 1. The second-order valence-electron chi connectivity index (χ2n) is 6.80. The molecule has 1 heterocycles. The molecule has 3 aromatic carbocycles. The fraction of sp³-hybridized carbons (Fsp3) is 0.125. The van der Waals surface area contributed by atoms with Gasteiger partial charge in [-0.05, 0) is 78.0 Å². The molecule has 2 N–H and O–H groups in total. The van der Waals surface area contributed by atoms with Crippen molar-refractivity contribution in [3.63, 3.8) is 0 Å². The van der Waals surface area contributed by atoms with E-state index < -0.39 is 0 Å². The number of thiocarbonyl (C=S) groups is 1. The van der Waals surface area contributed by atoms with Gasteiger partial charge in [0.15, 0.2) is 5.11 Å². The lowest BCUT2D eigenvalue weighted by Gasteiger charge is -2.28. The number of nitrogens with one attached hydrogen (secondary N) is 2. The molecule has 152 valence electrons. The smallest absolute Gasteiger partial charge is 0.193 e. The molecule has 0 aromatic heterocycles. The maximum absolute atomic E-state index is 5.74. The van der Waals surface area contributed by atoms with Gasteiger partial charge < -0.3 is 14.8 Å². The van der Waals surface area contributed by atoms with E-state index in [9.17, 15) is 0 Å². The van der Waals surface area contributed by atoms with Crippen LogP contribution in [0.2, 0.25) is 0 Å². The van der Waals surface area contributed by atoms with Gasteiger partial charge in [0.2, 0.25) is 0 Å². The normalized spacial score (nSPS) is 15.2. The predicted octanol–water partition coefficient (Wildman–Crippen LogP) is 5.00. The molecule has 1 aliphatic rings. The van der Waals surface area contributed by atoms with Crippen LogP contribution in [0.3, 0.4) is 0 Å². The minimum atomic E-state index is -0.0725. The summed E-state index contributed by atoms with van der Waals surface area (Å²) in [5.41, 5.74) is 7.54. The van der Waals surface area contributed by atoms with Crippen molar-refractivity contribution in [1.29, 1.82) is 0 Å². The number of hydrazine groups is 1. The van der Waals surface area contributed by atoms with Gasteiger partial charge in [-0.25, -0.2) is 0 Å². The second kappa shape index (κ2) is 8.88. The summed E-state index contributed by atoms with van der Waals surface area (Å²) in [6.07, 6.45) is 2.17. The molecule has 0 radical (unpaired) electrons. The standard InChI is InChI=1S/C24H23N3O2S/c1-28-20-12-8-17(9-13-20)22-16-23(18-10-14-21(29-2)15-11-18)27(26-22)24(30)25-19-6-4-3-5-7-19/h3-16,23,26H,1-2H3,(H,25,30)/t23-/m0/s1. The minimum Gasteiger partial charge on any atom is -0.497 e. The van der Waals surface area contributed by atoms with E-state index in [4.69, 9.17) is 21.7 Å². The fourth-order valence-corrected chi connectivity index (χ4v) is 3.61. The summed E-state index contributed by atoms with van der Waals surface area (Å²) >= 11 is 5.74. The van der Waals surface area contributed by atoms with E-state index in [2.05, 4.69) is 29.0 Å². The molecule has 3 aromatic rings. The fourth-order valence-electron chi connectivity index (χ4n) is 3.33. The Hall–Kier alpha value is -3.51. The molecule has 1 atom stereocenters.